The van der Waals surface area contributed by atoms with Crippen LogP contribution in [0, 0.1) is 24.0 Å². The van der Waals surface area contributed by atoms with Crippen LogP contribution in [-0.2, 0) is 32.7 Å². The molecule has 6 aromatic rings. The molecule has 0 saturated carbocycles. The molecule has 43 heavy (non-hydrogen) atoms. The molecule has 0 amide bonds. The second-order valence-electron chi connectivity index (χ2n) is 9.39. The van der Waals surface area contributed by atoms with Crippen LogP contribution in [0.1, 0.15) is 28.1 Å². The summed E-state index contributed by atoms with van der Waals surface area (Å²) in [6, 6.07) is 35.0. The molecule has 0 saturated heterocycles. The van der Waals surface area contributed by atoms with Crippen LogP contribution in [0.4, 0.5) is 22.0 Å². The summed E-state index contributed by atoms with van der Waals surface area (Å²) < 4.78 is 69.1. The Balaban J connectivity index is 0.00000368. The van der Waals surface area contributed by atoms with E-state index in [9.17, 15) is 22.0 Å². The minimum Gasteiger partial charge on any atom is -0.299 e. The van der Waals surface area contributed by atoms with Crippen LogP contribution in [0.5, 0.6) is 0 Å². The van der Waals surface area contributed by atoms with Crippen molar-refractivity contribution in [2.75, 3.05) is 0 Å². The summed E-state index contributed by atoms with van der Waals surface area (Å²) in [5, 5.41) is 4.83. The summed E-state index contributed by atoms with van der Waals surface area (Å²) in [5.74, 6) is -2.05. The number of aromatic nitrogens is 4. The van der Waals surface area contributed by atoms with Gasteiger partial charge in [0.15, 0.2) is 0 Å². The Hall–Kier alpha value is -4.49. The molecule has 0 N–H and O–H groups in total. The van der Waals surface area contributed by atoms with Crippen molar-refractivity contribution in [3.05, 3.63) is 167 Å². The van der Waals surface area contributed by atoms with Crippen LogP contribution in [0.2, 0.25) is 0 Å². The zero-order valence-electron chi connectivity index (χ0n) is 22.0. The molecule has 0 aliphatic rings. The number of benzene rings is 3. The molecule has 3 aromatic carbocycles. The van der Waals surface area contributed by atoms with Crippen molar-refractivity contribution in [3.8, 4) is 16.9 Å². The Bertz CT molecular complexity index is 1800. The molecule has 0 radical (unpaired) electrons. The number of hydrogen-bond acceptors (Lipinski definition) is 3. The fourth-order valence-corrected chi connectivity index (χ4v) is 4.99. The first kappa shape index (κ1) is 30.0. The third-order valence-corrected chi connectivity index (χ3v) is 6.89. The summed E-state index contributed by atoms with van der Waals surface area (Å²) in [6.45, 7) is 0. The smallest absolute Gasteiger partial charge is 0.299 e. The maximum absolute atomic E-state index is 14.7. The van der Waals surface area contributed by atoms with Gasteiger partial charge in [-0.2, -0.15) is 36.5 Å². The van der Waals surface area contributed by atoms with Gasteiger partial charge in [0.2, 0.25) is 0 Å². The molecule has 0 fully saturated rings. The van der Waals surface area contributed by atoms with E-state index in [1.54, 1.807) is 30.5 Å². The van der Waals surface area contributed by atoms with E-state index in [4.69, 9.17) is 10.1 Å². The molecule has 0 aliphatic carbocycles. The van der Waals surface area contributed by atoms with Crippen molar-refractivity contribution < 1.29 is 43.0 Å². The van der Waals surface area contributed by atoms with Gasteiger partial charge >= 0.3 is 27.2 Å². The van der Waals surface area contributed by atoms with Crippen molar-refractivity contribution in [1.29, 1.82) is 0 Å². The quantitative estimate of drug-likeness (QED) is 0.0999. The molecule has 216 valence electrons. The molecule has 0 bridgehead atoms. The number of hydrogen-bond donors (Lipinski definition) is 0. The predicted octanol–water partition coefficient (Wildman–Crippen LogP) is 7.61. The second kappa shape index (κ2) is 12.0. The third kappa shape index (κ3) is 5.65. The first-order valence-electron chi connectivity index (χ1n) is 12.7. The van der Waals surface area contributed by atoms with E-state index >= 15 is 0 Å². The minimum absolute atomic E-state index is 0. The van der Waals surface area contributed by atoms with Crippen LogP contribution < -0.4 is 0 Å². The zero-order chi connectivity index (χ0) is 29.3. The molecule has 3 aromatic heterocycles. The molecular weight excluding hydrogens is 742 g/mol. The Labute approximate surface area is 258 Å². The van der Waals surface area contributed by atoms with E-state index < -0.39 is 29.1 Å². The summed E-state index contributed by atoms with van der Waals surface area (Å²) in [7, 11) is 0. The Morgan fingerprint density at radius 1 is 0.628 bits per heavy atom. The van der Waals surface area contributed by atoms with Crippen molar-refractivity contribution in [2.45, 2.75) is 11.6 Å². The van der Waals surface area contributed by atoms with Gasteiger partial charge in [0.25, 0.3) is 0 Å². The Morgan fingerprint density at radius 3 is 1.88 bits per heavy atom. The standard InChI is InChI=1S/C33H19F5N4.Pt/c34-30-19-18-26(31(35)40-30)27-12-7-13-28(39-27)32(22-8-3-1-4-9-22,23-10-5-2-6-11-23)29-20-21-42(41-29)25-16-14-24(15-17-25)33(36,37)38;/h1-16,19-21H;/q-2;+2. The normalized spacial score (nSPS) is 11.7. The number of pyridine rings is 2. The van der Waals surface area contributed by atoms with Gasteiger partial charge in [-0.15, -0.1) is 12.1 Å². The number of rotatable bonds is 6. The van der Waals surface area contributed by atoms with Gasteiger partial charge in [-0.05, 0) is 34.6 Å². The van der Waals surface area contributed by atoms with Gasteiger partial charge in [-0.1, -0.05) is 90.0 Å². The Kier molecular flexibility index (Phi) is 8.38. The fraction of sp³-hybridized carbons (Fsp3) is 0.0606. The first-order valence-corrected chi connectivity index (χ1v) is 12.7. The van der Waals surface area contributed by atoms with Gasteiger partial charge < -0.3 is 0 Å². The molecule has 0 atom stereocenters. The molecular formula is C33H19F5N4Pt. The largest absolute Gasteiger partial charge is 2.00 e. The predicted molar refractivity (Wildman–Crippen MR) is 145 cm³/mol. The molecule has 0 unspecified atom stereocenters. The van der Waals surface area contributed by atoms with Crippen LogP contribution in [0.15, 0.2) is 115 Å². The second-order valence-corrected chi connectivity index (χ2v) is 9.39. The summed E-state index contributed by atoms with van der Waals surface area (Å²) >= 11 is 0. The maximum atomic E-state index is 14.7. The molecule has 6 rings (SSSR count). The van der Waals surface area contributed by atoms with E-state index in [1.807, 2.05) is 60.7 Å². The monoisotopic (exact) mass is 761 g/mol. The summed E-state index contributed by atoms with van der Waals surface area (Å²) in [5.41, 5.74) is 0.952. The van der Waals surface area contributed by atoms with Gasteiger partial charge in [0.05, 0.1) is 11.4 Å². The summed E-state index contributed by atoms with van der Waals surface area (Å²) in [4.78, 5) is 8.12. The van der Waals surface area contributed by atoms with Gasteiger partial charge in [-0.3, -0.25) is 14.6 Å². The zero-order valence-corrected chi connectivity index (χ0v) is 24.2. The number of halogens is 5. The Morgan fingerprint density at radius 2 is 1.30 bits per heavy atom. The third-order valence-electron chi connectivity index (χ3n) is 6.89. The van der Waals surface area contributed by atoms with Crippen molar-refractivity contribution in [3.63, 3.8) is 0 Å². The van der Waals surface area contributed by atoms with Crippen molar-refractivity contribution in [1.82, 2.24) is 19.7 Å². The van der Waals surface area contributed by atoms with Crippen molar-refractivity contribution in [2.24, 2.45) is 0 Å². The van der Waals surface area contributed by atoms with Gasteiger partial charge in [0.1, 0.15) is 17.3 Å². The fourth-order valence-electron chi connectivity index (χ4n) is 4.99. The van der Waals surface area contributed by atoms with Crippen molar-refractivity contribution >= 4 is 0 Å². The van der Waals surface area contributed by atoms with E-state index in [-0.39, 0.29) is 32.3 Å². The number of alkyl halides is 3. The van der Waals surface area contributed by atoms with Crippen LogP contribution in [-0.4, -0.2) is 19.7 Å². The number of nitrogens with zero attached hydrogens (tertiary/aromatic N) is 4. The average Bonchev–Trinajstić information content (AvgIpc) is 3.49. The van der Waals surface area contributed by atoms with Gasteiger partial charge in [0, 0.05) is 6.20 Å². The molecule has 0 aliphatic heterocycles. The topological polar surface area (TPSA) is 43.6 Å². The van der Waals surface area contributed by atoms with Crippen LogP contribution in [0.25, 0.3) is 16.9 Å². The average molecular weight is 762 g/mol. The van der Waals surface area contributed by atoms with E-state index in [0.717, 1.165) is 29.3 Å². The first-order chi connectivity index (χ1) is 20.3. The summed E-state index contributed by atoms with van der Waals surface area (Å²) in [6.07, 6.45) is -2.86. The van der Waals surface area contributed by atoms with Crippen LogP contribution >= 0.6 is 0 Å². The molecule has 3 heterocycles. The van der Waals surface area contributed by atoms with Gasteiger partial charge in [-0.25, -0.2) is 8.78 Å². The SMILES string of the molecule is Fc1c[c-]c(-c2cccc(C(c3ccccc3)(c3ccccc3)c3ccn(-c4[c-]cc(C(F)(F)F)cc4)n3)n2)c(F)n1.[Pt+2]. The molecule has 0 spiro atoms. The minimum atomic E-state index is -4.49. The van der Waals surface area contributed by atoms with E-state index in [0.29, 0.717) is 17.1 Å². The molecule has 10 heteroatoms. The van der Waals surface area contributed by atoms with Crippen LogP contribution in [0.3, 0.4) is 0 Å². The molecule has 4 nitrogen and oxygen atoms in total. The van der Waals surface area contributed by atoms with E-state index in [2.05, 4.69) is 17.1 Å². The maximum Gasteiger partial charge on any atom is 2.00 e. The van der Waals surface area contributed by atoms with E-state index in [1.165, 1.54) is 10.7 Å².